The van der Waals surface area contributed by atoms with Crippen LogP contribution in [0.15, 0.2) is 48.9 Å². The number of fused-ring (bicyclic) bond motifs is 1. The Morgan fingerprint density at radius 2 is 1.83 bits per heavy atom. The summed E-state index contributed by atoms with van der Waals surface area (Å²) < 4.78 is 37.7. The molecule has 4 heterocycles. The summed E-state index contributed by atoms with van der Waals surface area (Å²) in [5.41, 5.74) is 1.92. The van der Waals surface area contributed by atoms with E-state index in [0.717, 1.165) is 36.0 Å². The highest BCUT2D eigenvalue weighted by atomic mass is 35.5. The van der Waals surface area contributed by atoms with Crippen LogP contribution in [0.4, 0.5) is 24.8 Å². The van der Waals surface area contributed by atoms with Crippen molar-refractivity contribution < 1.29 is 13.2 Å². The van der Waals surface area contributed by atoms with Crippen LogP contribution in [0.5, 0.6) is 0 Å². The van der Waals surface area contributed by atoms with Crippen LogP contribution in [-0.4, -0.2) is 21.5 Å². The van der Waals surface area contributed by atoms with Gasteiger partial charge in [0.1, 0.15) is 17.3 Å². The highest BCUT2D eigenvalue weighted by Crippen LogP contribution is 2.33. The zero-order chi connectivity index (χ0) is 20.4. The van der Waals surface area contributed by atoms with Gasteiger partial charge in [-0.2, -0.15) is 13.2 Å². The fraction of sp³-hybridized carbons (Fsp3) is 0.250. The first-order chi connectivity index (χ1) is 13.9. The van der Waals surface area contributed by atoms with Crippen molar-refractivity contribution in [3.8, 4) is 0 Å². The summed E-state index contributed by atoms with van der Waals surface area (Å²) in [6.07, 6.45) is 1.01. The lowest BCUT2D eigenvalue weighted by Crippen LogP contribution is -2.09. The van der Waals surface area contributed by atoms with E-state index >= 15 is 0 Å². The van der Waals surface area contributed by atoms with Crippen LogP contribution < -0.4 is 10.6 Å². The van der Waals surface area contributed by atoms with E-state index in [1.807, 2.05) is 18.2 Å². The molecule has 1 aliphatic rings. The molecule has 1 aliphatic heterocycles. The SMILES string of the molecule is FC(F)(F)c1ccc(CNc2ccc(CC3CNc4ncc(Cl)cc43)cn2)cn1. The second-order valence-electron chi connectivity index (χ2n) is 6.83. The molecule has 0 fully saturated rings. The number of pyridine rings is 3. The van der Waals surface area contributed by atoms with Crippen LogP contribution in [-0.2, 0) is 19.1 Å². The van der Waals surface area contributed by atoms with E-state index in [-0.39, 0.29) is 5.92 Å². The smallest absolute Gasteiger partial charge is 0.369 e. The predicted octanol–water partition coefficient (Wildman–Crippen LogP) is 4.91. The number of hydrogen-bond donors (Lipinski definition) is 2. The molecule has 29 heavy (non-hydrogen) atoms. The van der Waals surface area contributed by atoms with Gasteiger partial charge in [0, 0.05) is 43.2 Å². The molecule has 4 rings (SSSR count). The predicted molar refractivity (Wildman–Crippen MR) is 105 cm³/mol. The average molecular weight is 420 g/mol. The van der Waals surface area contributed by atoms with Crippen LogP contribution >= 0.6 is 11.6 Å². The fourth-order valence-electron chi connectivity index (χ4n) is 3.25. The van der Waals surface area contributed by atoms with Crippen molar-refractivity contribution in [1.29, 1.82) is 0 Å². The summed E-state index contributed by atoms with van der Waals surface area (Å²) >= 11 is 6.06. The highest BCUT2D eigenvalue weighted by molar-refractivity contribution is 6.30. The summed E-state index contributed by atoms with van der Waals surface area (Å²) in [5.74, 6) is 1.79. The lowest BCUT2D eigenvalue weighted by molar-refractivity contribution is -0.141. The van der Waals surface area contributed by atoms with Gasteiger partial charge in [0.05, 0.1) is 5.02 Å². The van der Waals surface area contributed by atoms with Crippen molar-refractivity contribution >= 4 is 23.2 Å². The minimum absolute atomic E-state index is 0.273. The van der Waals surface area contributed by atoms with Gasteiger partial charge in [-0.25, -0.2) is 9.97 Å². The van der Waals surface area contributed by atoms with Gasteiger partial charge in [0.15, 0.2) is 0 Å². The molecule has 1 atom stereocenters. The number of nitrogens with zero attached hydrogens (tertiary/aromatic N) is 3. The second-order valence-corrected chi connectivity index (χ2v) is 7.26. The Morgan fingerprint density at radius 3 is 2.52 bits per heavy atom. The quantitative estimate of drug-likeness (QED) is 0.615. The maximum atomic E-state index is 12.6. The number of hydrogen-bond acceptors (Lipinski definition) is 5. The molecule has 0 amide bonds. The lowest BCUT2D eigenvalue weighted by Gasteiger charge is -2.11. The van der Waals surface area contributed by atoms with Gasteiger partial charge in [-0.1, -0.05) is 23.7 Å². The van der Waals surface area contributed by atoms with E-state index in [9.17, 15) is 13.2 Å². The van der Waals surface area contributed by atoms with Crippen LogP contribution in [0.2, 0.25) is 5.02 Å². The first-order valence-electron chi connectivity index (χ1n) is 8.99. The van der Waals surface area contributed by atoms with Gasteiger partial charge in [0.2, 0.25) is 0 Å². The van der Waals surface area contributed by atoms with Gasteiger partial charge in [-0.15, -0.1) is 0 Å². The Hall–Kier alpha value is -2.87. The van der Waals surface area contributed by atoms with Crippen LogP contribution in [0.3, 0.4) is 0 Å². The standard InChI is InChI=1S/C20H17ClF3N5/c21-15-6-16-14(10-28-19(16)29-11-15)5-12-2-4-18(26-7-12)27-9-13-1-3-17(25-8-13)20(22,23)24/h1-4,6-8,11,14H,5,9-10H2,(H,26,27)(H,28,29). The summed E-state index contributed by atoms with van der Waals surface area (Å²) in [6.45, 7) is 1.13. The normalized spacial score (nSPS) is 15.7. The monoisotopic (exact) mass is 419 g/mol. The van der Waals surface area contributed by atoms with E-state index < -0.39 is 11.9 Å². The van der Waals surface area contributed by atoms with Crippen molar-refractivity contribution in [2.24, 2.45) is 0 Å². The van der Waals surface area contributed by atoms with Crippen molar-refractivity contribution in [1.82, 2.24) is 15.0 Å². The highest BCUT2D eigenvalue weighted by Gasteiger charge is 2.32. The van der Waals surface area contributed by atoms with E-state index in [2.05, 4.69) is 25.6 Å². The molecule has 0 bridgehead atoms. The van der Waals surface area contributed by atoms with Crippen LogP contribution in [0.1, 0.15) is 28.3 Å². The molecular weight excluding hydrogens is 403 g/mol. The number of anilines is 2. The number of alkyl halides is 3. The molecule has 3 aromatic heterocycles. The van der Waals surface area contributed by atoms with Crippen LogP contribution in [0, 0.1) is 0 Å². The van der Waals surface area contributed by atoms with Crippen molar-refractivity contribution in [3.63, 3.8) is 0 Å². The Morgan fingerprint density at radius 1 is 1.03 bits per heavy atom. The molecule has 0 aromatic carbocycles. The van der Waals surface area contributed by atoms with Gasteiger partial charge < -0.3 is 10.6 Å². The first-order valence-corrected chi connectivity index (χ1v) is 9.36. The molecule has 3 aromatic rings. The molecule has 9 heteroatoms. The van der Waals surface area contributed by atoms with Crippen molar-refractivity contribution in [2.45, 2.75) is 25.1 Å². The molecule has 150 valence electrons. The zero-order valence-corrected chi connectivity index (χ0v) is 15.9. The molecule has 2 N–H and O–H groups in total. The van der Waals surface area contributed by atoms with Gasteiger partial charge >= 0.3 is 6.18 Å². The topological polar surface area (TPSA) is 62.7 Å². The third-order valence-electron chi connectivity index (χ3n) is 4.74. The van der Waals surface area contributed by atoms with E-state index in [0.29, 0.717) is 22.9 Å². The zero-order valence-electron chi connectivity index (χ0n) is 15.2. The van der Waals surface area contributed by atoms with Crippen molar-refractivity contribution in [3.05, 3.63) is 76.3 Å². The molecule has 0 aliphatic carbocycles. The third kappa shape index (κ3) is 4.59. The summed E-state index contributed by atoms with van der Waals surface area (Å²) in [5, 5.41) is 6.99. The number of rotatable bonds is 5. The summed E-state index contributed by atoms with van der Waals surface area (Å²) in [6, 6.07) is 8.15. The van der Waals surface area contributed by atoms with E-state index in [1.165, 1.54) is 12.3 Å². The lowest BCUT2D eigenvalue weighted by atomic mass is 9.96. The Labute approximate surface area is 170 Å². The minimum Gasteiger partial charge on any atom is -0.369 e. The molecule has 1 unspecified atom stereocenters. The number of halogens is 4. The molecule has 0 radical (unpaired) electrons. The number of nitrogens with one attached hydrogen (secondary N) is 2. The minimum atomic E-state index is -4.43. The molecule has 0 saturated carbocycles. The molecule has 0 saturated heterocycles. The summed E-state index contributed by atoms with van der Waals surface area (Å²) in [4.78, 5) is 12.1. The summed E-state index contributed by atoms with van der Waals surface area (Å²) in [7, 11) is 0. The average Bonchev–Trinajstić information content (AvgIpc) is 3.09. The Bertz CT molecular complexity index is 990. The third-order valence-corrected chi connectivity index (χ3v) is 4.94. The maximum Gasteiger partial charge on any atom is 0.433 e. The largest absolute Gasteiger partial charge is 0.433 e. The number of aromatic nitrogens is 3. The van der Waals surface area contributed by atoms with E-state index in [1.54, 1.807) is 12.4 Å². The maximum absolute atomic E-state index is 12.6. The first kappa shape index (κ1) is 19.4. The fourth-order valence-corrected chi connectivity index (χ4v) is 3.42. The van der Waals surface area contributed by atoms with Gasteiger partial charge in [0.25, 0.3) is 0 Å². The Balaban J connectivity index is 1.35. The van der Waals surface area contributed by atoms with Gasteiger partial charge in [-0.3, -0.25) is 4.98 Å². The molecule has 5 nitrogen and oxygen atoms in total. The molecular formula is C20H17ClF3N5. The van der Waals surface area contributed by atoms with E-state index in [4.69, 9.17) is 11.6 Å². The van der Waals surface area contributed by atoms with Crippen LogP contribution in [0.25, 0.3) is 0 Å². The van der Waals surface area contributed by atoms with Crippen molar-refractivity contribution in [2.75, 3.05) is 17.2 Å². The Kier molecular flexibility index (Phi) is 5.27. The second kappa shape index (κ2) is 7.87. The van der Waals surface area contributed by atoms with Gasteiger partial charge in [-0.05, 0) is 35.7 Å². The molecule has 0 spiro atoms.